The van der Waals surface area contributed by atoms with Crippen LogP contribution < -0.4 is 10.1 Å². The Morgan fingerprint density at radius 2 is 2.33 bits per heavy atom. The second kappa shape index (κ2) is 4.51. The zero-order valence-corrected chi connectivity index (χ0v) is 9.36. The summed E-state index contributed by atoms with van der Waals surface area (Å²) in [5.41, 5.74) is 0. The van der Waals surface area contributed by atoms with Crippen molar-refractivity contribution in [1.29, 1.82) is 0 Å². The van der Waals surface area contributed by atoms with E-state index in [-0.39, 0.29) is 0 Å². The molecule has 1 aliphatic carbocycles. The molecule has 0 unspecified atom stereocenters. The molecule has 0 saturated heterocycles. The van der Waals surface area contributed by atoms with Gasteiger partial charge in [-0.15, -0.1) is 0 Å². The van der Waals surface area contributed by atoms with E-state index in [2.05, 4.69) is 17.2 Å². The van der Waals surface area contributed by atoms with Crippen molar-refractivity contribution in [3.05, 3.63) is 18.3 Å². The molecule has 82 valence electrons. The number of anilines is 1. The summed E-state index contributed by atoms with van der Waals surface area (Å²) in [5.74, 6) is 2.63. The summed E-state index contributed by atoms with van der Waals surface area (Å²) < 4.78 is 5.16. The number of rotatable bonds is 3. The van der Waals surface area contributed by atoms with Gasteiger partial charge in [0.25, 0.3) is 0 Å². The number of nitrogens with zero attached hydrogens (tertiary/aromatic N) is 1. The molecule has 2 rings (SSSR count). The second-order valence-corrected chi connectivity index (χ2v) is 4.34. The van der Waals surface area contributed by atoms with Gasteiger partial charge in [0, 0.05) is 18.3 Å². The Kier molecular flexibility index (Phi) is 3.09. The fraction of sp³-hybridized carbons (Fsp3) is 0.583. The van der Waals surface area contributed by atoms with Gasteiger partial charge in [0.2, 0.25) is 0 Å². The molecule has 1 aliphatic rings. The third-order valence-electron chi connectivity index (χ3n) is 3.01. The summed E-state index contributed by atoms with van der Waals surface area (Å²) in [7, 11) is 1.68. The van der Waals surface area contributed by atoms with Gasteiger partial charge in [-0.05, 0) is 31.2 Å². The van der Waals surface area contributed by atoms with Crippen molar-refractivity contribution in [2.45, 2.75) is 32.2 Å². The average Bonchev–Trinajstić information content (AvgIpc) is 2.64. The lowest BCUT2D eigenvalue weighted by molar-refractivity contribution is 0.414. The smallest absolute Gasteiger partial charge is 0.129 e. The van der Waals surface area contributed by atoms with Gasteiger partial charge in [0.05, 0.1) is 7.11 Å². The molecule has 15 heavy (non-hydrogen) atoms. The van der Waals surface area contributed by atoms with Crippen LogP contribution in [0.25, 0.3) is 0 Å². The molecular weight excluding hydrogens is 188 g/mol. The maximum Gasteiger partial charge on any atom is 0.129 e. The van der Waals surface area contributed by atoms with Crippen molar-refractivity contribution in [2.24, 2.45) is 5.92 Å². The van der Waals surface area contributed by atoms with E-state index in [0.29, 0.717) is 6.04 Å². The monoisotopic (exact) mass is 206 g/mol. The molecule has 1 N–H and O–H groups in total. The third kappa shape index (κ3) is 2.61. The number of hydrogen-bond acceptors (Lipinski definition) is 3. The molecule has 0 spiro atoms. The Morgan fingerprint density at radius 1 is 1.47 bits per heavy atom. The quantitative estimate of drug-likeness (QED) is 0.825. The molecule has 0 aromatic carbocycles. The van der Waals surface area contributed by atoms with E-state index < -0.39 is 0 Å². The molecule has 3 nitrogen and oxygen atoms in total. The molecular formula is C12H18N2O. The summed E-state index contributed by atoms with van der Waals surface area (Å²) in [4.78, 5) is 4.28. The Morgan fingerprint density at radius 3 is 3.00 bits per heavy atom. The Hall–Kier alpha value is -1.25. The van der Waals surface area contributed by atoms with E-state index in [1.165, 1.54) is 19.3 Å². The van der Waals surface area contributed by atoms with E-state index in [0.717, 1.165) is 17.5 Å². The lowest BCUT2D eigenvalue weighted by Crippen LogP contribution is -2.16. The topological polar surface area (TPSA) is 34.1 Å². The predicted molar refractivity (Wildman–Crippen MR) is 61.2 cm³/mol. The van der Waals surface area contributed by atoms with E-state index >= 15 is 0 Å². The highest BCUT2D eigenvalue weighted by Gasteiger charge is 2.21. The van der Waals surface area contributed by atoms with Crippen LogP contribution in [0, 0.1) is 5.92 Å². The van der Waals surface area contributed by atoms with Crippen LogP contribution in [-0.2, 0) is 0 Å². The maximum atomic E-state index is 5.16. The van der Waals surface area contributed by atoms with Crippen LogP contribution >= 0.6 is 0 Å². The minimum atomic E-state index is 0.583. The van der Waals surface area contributed by atoms with Crippen molar-refractivity contribution < 1.29 is 4.74 Å². The van der Waals surface area contributed by atoms with E-state index in [1.807, 2.05) is 12.1 Å². The third-order valence-corrected chi connectivity index (χ3v) is 3.01. The highest BCUT2D eigenvalue weighted by atomic mass is 16.5. The molecule has 0 radical (unpaired) electrons. The van der Waals surface area contributed by atoms with Gasteiger partial charge in [0.1, 0.15) is 11.6 Å². The van der Waals surface area contributed by atoms with E-state index in [1.54, 1.807) is 13.3 Å². The summed E-state index contributed by atoms with van der Waals surface area (Å²) >= 11 is 0. The number of methoxy groups -OCH3 is 1. The first kappa shape index (κ1) is 10.3. The van der Waals surface area contributed by atoms with Gasteiger partial charge >= 0.3 is 0 Å². The molecule has 0 bridgehead atoms. The molecule has 3 heteroatoms. The van der Waals surface area contributed by atoms with Gasteiger partial charge < -0.3 is 10.1 Å². The van der Waals surface area contributed by atoms with Crippen LogP contribution in [0.4, 0.5) is 5.82 Å². The normalized spacial score (nSPS) is 25.2. The van der Waals surface area contributed by atoms with Crippen LogP contribution in [-0.4, -0.2) is 18.1 Å². The molecule has 1 aromatic rings. The Balaban J connectivity index is 1.98. The SMILES string of the molecule is COc1ccnc(N[C@H]2CC[C@H](C)C2)c1. The lowest BCUT2D eigenvalue weighted by Gasteiger charge is -2.13. The standard InChI is InChI=1S/C12H18N2O/c1-9-3-4-10(7-9)14-12-8-11(15-2)5-6-13-12/h5-6,8-10H,3-4,7H2,1-2H3,(H,13,14)/t9-,10-/m0/s1. The number of pyridine rings is 1. The van der Waals surface area contributed by atoms with E-state index in [9.17, 15) is 0 Å². The summed E-state index contributed by atoms with van der Waals surface area (Å²) in [6.07, 6.45) is 5.60. The molecule has 0 amide bonds. The summed E-state index contributed by atoms with van der Waals surface area (Å²) in [6.45, 7) is 2.31. The van der Waals surface area contributed by atoms with Crippen molar-refractivity contribution in [2.75, 3.05) is 12.4 Å². The van der Waals surface area contributed by atoms with Gasteiger partial charge in [-0.2, -0.15) is 0 Å². The van der Waals surface area contributed by atoms with Crippen LogP contribution in [0.1, 0.15) is 26.2 Å². The lowest BCUT2D eigenvalue weighted by atomic mass is 10.1. The van der Waals surface area contributed by atoms with Crippen LogP contribution in [0.5, 0.6) is 5.75 Å². The zero-order chi connectivity index (χ0) is 10.7. The van der Waals surface area contributed by atoms with E-state index in [4.69, 9.17) is 4.74 Å². The van der Waals surface area contributed by atoms with Gasteiger partial charge in [0.15, 0.2) is 0 Å². The maximum absolute atomic E-state index is 5.16. The number of ether oxygens (including phenoxy) is 1. The highest BCUT2D eigenvalue weighted by Crippen LogP contribution is 2.27. The molecule has 0 aliphatic heterocycles. The minimum absolute atomic E-state index is 0.583. The number of hydrogen-bond donors (Lipinski definition) is 1. The zero-order valence-electron chi connectivity index (χ0n) is 9.36. The van der Waals surface area contributed by atoms with Crippen molar-refractivity contribution in [1.82, 2.24) is 4.98 Å². The average molecular weight is 206 g/mol. The molecule has 1 saturated carbocycles. The van der Waals surface area contributed by atoms with Gasteiger partial charge in [-0.1, -0.05) is 6.92 Å². The van der Waals surface area contributed by atoms with Crippen molar-refractivity contribution in [3.8, 4) is 5.75 Å². The molecule has 1 aromatic heterocycles. The van der Waals surface area contributed by atoms with Crippen LogP contribution in [0.15, 0.2) is 18.3 Å². The first-order valence-corrected chi connectivity index (χ1v) is 5.54. The number of aromatic nitrogens is 1. The fourth-order valence-electron chi connectivity index (χ4n) is 2.16. The van der Waals surface area contributed by atoms with Crippen LogP contribution in [0.3, 0.4) is 0 Å². The first-order valence-electron chi connectivity index (χ1n) is 5.54. The number of nitrogens with one attached hydrogen (secondary N) is 1. The van der Waals surface area contributed by atoms with Gasteiger partial charge in [-0.3, -0.25) is 0 Å². The highest BCUT2D eigenvalue weighted by molar-refractivity contribution is 5.41. The second-order valence-electron chi connectivity index (χ2n) is 4.34. The molecule has 1 heterocycles. The van der Waals surface area contributed by atoms with Crippen molar-refractivity contribution in [3.63, 3.8) is 0 Å². The Bertz CT molecular complexity index is 327. The Labute approximate surface area is 90.9 Å². The largest absolute Gasteiger partial charge is 0.497 e. The summed E-state index contributed by atoms with van der Waals surface area (Å²) in [5, 5.41) is 3.45. The summed E-state index contributed by atoms with van der Waals surface area (Å²) in [6, 6.07) is 4.39. The predicted octanol–water partition coefficient (Wildman–Crippen LogP) is 2.69. The first-order chi connectivity index (χ1) is 7.28. The van der Waals surface area contributed by atoms with Gasteiger partial charge in [-0.25, -0.2) is 4.98 Å². The fourth-order valence-corrected chi connectivity index (χ4v) is 2.16. The van der Waals surface area contributed by atoms with Crippen LogP contribution in [0.2, 0.25) is 0 Å². The molecule has 2 atom stereocenters. The van der Waals surface area contributed by atoms with Crippen molar-refractivity contribution >= 4 is 5.82 Å². The minimum Gasteiger partial charge on any atom is -0.497 e. The molecule has 1 fully saturated rings.